The SMILES string of the molecule is CCCN(C1CC1)S(=O)(=O)c1cc(CNC)ccc1OC. The molecule has 1 saturated carbocycles. The highest BCUT2D eigenvalue weighted by atomic mass is 32.2. The van der Waals surface area contributed by atoms with Crippen molar-refractivity contribution in [3.63, 3.8) is 0 Å². The smallest absolute Gasteiger partial charge is 0.247 e. The van der Waals surface area contributed by atoms with Gasteiger partial charge in [0.2, 0.25) is 10.0 Å². The summed E-state index contributed by atoms with van der Waals surface area (Å²) in [5.41, 5.74) is 0.934. The zero-order valence-corrected chi connectivity index (χ0v) is 13.7. The molecule has 0 amide bonds. The summed E-state index contributed by atoms with van der Waals surface area (Å²) in [6.45, 7) is 3.19. The predicted octanol–water partition coefficient (Wildman–Crippen LogP) is 1.98. The van der Waals surface area contributed by atoms with E-state index in [4.69, 9.17) is 4.74 Å². The lowest BCUT2D eigenvalue weighted by Gasteiger charge is -2.22. The zero-order valence-electron chi connectivity index (χ0n) is 12.9. The summed E-state index contributed by atoms with van der Waals surface area (Å²) in [5, 5.41) is 3.04. The first-order valence-electron chi connectivity index (χ1n) is 7.38. The Labute approximate surface area is 127 Å². The Morgan fingerprint density at radius 2 is 2.10 bits per heavy atom. The van der Waals surface area contributed by atoms with Gasteiger partial charge in [0.25, 0.3) is 0 Å². The second kappa shape index (κ2) is 6.77. The van der Waals surface area contributed by atoms with Crippen molar-refractivity contribution in [2.45, 2.75) is 43.7 Å². The van der Waals surface area contributed by atoms with Gasteiger partial charge in [0.15, 0.2) is 0 Å². The molecule has 1 aliphatic rings. The normalized spacial score (nSPS) is 15.4. The van der Waals surface area contributed by atoms with Crippen molar-refractivity contribution in [1.29, 1.82) is 0 Å². The van der Waals surface area contributed by atoms with Crippen molar-refractivity contribution in [2.75, 3.05) is 20.7 Å². The van der Waals surface area contributed by atoms with Gasteiger partial charge in [-0.1, -0.05) is 13.0 Å². The van der Waals surface area contributed by atoms with Gasteiger partial charge in [-0.3, -0.25) is 0 Å². The number of methoxy groups -OCH3 is 1. The summed E-state index contributed by atoms with van der Waals surface area (Å²) >= 11 is 0. The Hall–Kier alpha value is -1.11. The highest BCUT2D eigenvalue weighted by Crippen LogP contribution is 2.35. The molecular weight excluding hydrogens is 288 g/mol. The standard InChI is InChI=1S/C15H24N2O3S/c1-4-9-17(13-6-7-13)21(18,19)15-10-12(11-16-2)5-8-14(15)20-3/h5,8,10,13,16H,4,6-7,9,11H2,1-3H3. The third kappa shape index (κ3) is 3.56. The molecule has 1 aromatic carbocycles. The lowest BCUT2D eigenvalue weighted by molar-refractivity contribution is 0.384. The van der Waals surface area contributed by atoms with E-state index < -0.39 is 10.0 Å². The van der Waals surface area contributed by atoms with Crippen LogP contribution in [0.4, 0.5) is 0 Å². The molecule has 1 aromatic rings. The number of hydrogen-bond donors (Lipinski definition) is 1. The number of nitrogens with zero attached hydrogens (tertiary/aromatic N) is 1. The molecule has 0 spiro atoms. The first-order chi connectivity index (χ1) is 10.0. The average Bonchev–Trinajstić information content (AvgIpc) is 3.29. The minimum Gasteiger partial charge on any atom is -0.495 e. The van der Waals surface area contributed by atoms with Crippen molar-refractivity contribution >= 4 is 10.0 Å². The van der Waals surface area contributed by atoms with Gasteiger partial charge in [0, 0.05) is 19.1 Å². The molecule has 2 rings (SSSR count). The van der Waals surface area contributed by atoms with Crippen LogP contribution in [0.5, 0.6) is 5.75 Å². The topological polar surface area (TPSA) is 58.6 Å². The number of rotatable bonds is 8. The van der Waals surface area contributed by atoms with Crippen LogP contribution in [0.15, 0.2) is 23.1 Å². The van der Waals surface area contributed by atoms with Crippen molar-refractivity contribution in [3.05, 3.63) is 23.8 Å². The van der Waals surface area contributed by atoms with Gasteiger partial charge in [-0.2, -0.15) is 4.31 Å². The van der Waals surface area contributed by atoms with Crippen molar-refractivity contribution in [1.82, 2.24) is 9.62 Å². The molecular formula is C15H24N2O3S. The third-order valence-electron chi connectivity index (χ3n) is 3.59. The van der Waals surface area contributed by atoms with E-state index in [1.807, 2.05) is 20.0 Å². The number of sulfonamides is 1. The van der Waals surface area contributed by atoms with Crippen LogP contribution in [0.2, 0.25) is 0 Å². The summed E-state index contributed by atoms with van der Waals surface area (Å²) in [4.78, 5) is 0.276. The summed E-state index contributed by atoms with van der Waals surface area (Å²) < 4.78 is 32.8. The molecule has 0 heterocycles. The molecule has 0 atom stereocenters. The number of nitrogens with one attached hydrogen (secondary N) is 1. The van der Waals surface area contributed by atoms with Crippen LogP contribution in [-0.2, 0) is 16.6 Å². The van der Waals surface area contributed by atoms with Crippen LogP contribution in [0.25, 0.3) is 0 Å². The summed E-state index contributed by atoms with van der Waals surface area (Å²) in [6, 6.07) is 5.50. The first-order valence-corrected chi connectivity index (χ1v) is 8.82. The summed E-state index contributed by atoms with van der Waals surface area (Å²) in [5.74, 6) is 0.414. The van der Waals surface area contributed by atoms with Gasteiger partial charge in [-0.05, 0) is 44.0 Å². The maximum atomic E-state index is 13.0. The van der Waals surface area contributed by atoms with Crippen LogP contribution in [0.3, 0.4) is 0 Å². The van der Waals surface area contributed by atoms with Gasteiger partial charge in [-0.25, -0.2) is 8.42 Å². The Balaban J connectivity index is 2.43. The predicted molar refractivity (Wildman–Crippen MR) is 83.0 cm³/mol. The van der Waals surface area contributed by atoms with E-state index in [0.29, 0.717) is 18.8 Å². The van der Waals surface area contributed by atoms with E-state index in [0.717, 1.165) is 24.8 Å². The summed E-state index contributed by atoms with van der Waals surface area (Å²) in [7, 11) is -0.156. The molecule has 5 nitrogen and oxygen atoms in total. The molecule has 0 saturated heterocycles. The molecule has 0 radical (unpaired) electrons. The Morgan fingerprint density at radius 3 is 2.62 bits per heavy atom. The number of ether oxygens (including phenoxy) is 1. The van der Waals surface area contributed by atoms with Crippen molar-refractivity contribution < 1.29 is 13.2 Å². The molecule has 1 N–H and O–H groups in total. The van der Waals surface area contributed by atoms with Gasteiger partial charge in [0.1, 0.15) is 10.6 Å². The van der Waals surface area contributed by atoms with Crippen LogP contribution in [-0.4, -0.2) is 39.5 Å². The number of hydrogen-bond acceptors (Lipinski definition) is 4. The summed E-state index contributed by atoms with van der Waals surface area (Å²) in [6.07, 6.45) is 2.73. The fraction of sp³-hybridized carbons (Fsp3) is 0.600. The number of benzene rings is 1. The molecule has 1 aliphatic carbocycles. The average molecular weight is 312 g/mol. The minimum atomic E-state index is -3.50. The zero-order chi connectivity index (χ0) is 15.5. The lowest BCUT2D eigenvalue weighted by atomic mass is 10.2. The lowest BCUT2D eigenvalue weighted by Crippen LogP contribution is -2.34. The molecule has 1 fully saturated rings. The molecule has 6 heteroatoms. The van der Waals surface area contributed by atoms with Crippen LogP contribution in [0, 0.1) is 0 Å². The second-order valence-electron chi connectivity index (χ2n) is 5.36. The van der Waals surface area contributed by atoms with E-state index in [1.54, 1.807) is 16.4 Å². The quantitative estimate of drug-likeness (QED) is 0.797. The van der Waals surface area contributed by atoms with E-state index in [1.165, 1.54) is 7.11 Å². The van der Waals surface area contributed by atoms with E-state index in [2.05, 4.69) is 5.32 Å². The maximum Gasteiger partial charge on any atom is 0.247 e. The van der Waals surface area contributed by atoms with E-state index in [9.17, 15) is 8.42 Å². The highest BCUT2D eigenvalue weighted by molar-refractivity contribution is 7.89. The Bertz CT molecular complexity index is 583. The van der Waals surface area contributed by atoms with Crippen LogP contribution in [0.1, 0.15) is 31.7 Å². The minimum absolute atomic E-state index is 0.160. The molecule has 0 aromatic heterocycles. The fourth-order valence-corrected chi connectivity index (χ4v) is 4.43. The monoisotopic (exact) mass is 312 g/mol. The molecule has 0 aliphatic heterocycles. The second-order valence-corrected chi connectivity index (χ2v) is 7.22. The molecule has 0 bridgehead atoms. The van der Waals surface area contributed by atoms with Gasteiger partial charge < -0.3 is 10.1 Å². The third-order valence-corrected chi connectivity index (χ3v) is 5.57. The Morgan fingerprint density at radius 1 is 1.38 bits per heavy atom. The van der Waals surface area contributed by atoms with E-state index in [-0.39, 0.29) is 10.9 Å². The molecule has 21 heavy (non-hydrogen) atoms. The molecule has 118 valence electrons. The van der Waals surface area contributed by atoms with Gasteiger partial charge in [-0.15, -0.1) is 0 Å². The maximum absolute atomic E-state index is 13.0. The van der Waals surface area contributed by atoms with Crippen molar-refractivity contribution in [3.8, 4) is 5.75 Å². The molecule has 0 unspecified atom stereocenters. The van der Waals surface area contributed by atoms with Crippen LogP contribution < -0.4 is 10.1 Å². The Kier molecular flexibility index (Phi) is 5.24. The van der Waals surface area contributed by atoms with Gasteiger partial charge >= 0.3 is 0 Å². The van der Waals surface area contributed by atoms with Crippen molar-refractivity contribution in [2.24, 2.45) is 0 Å². The van der Waals surface area contributed by atoms with E-state index >= 15 is 0 Å². The fourth-order valence-electron chi connectivity index (χ4n) is 2.45. The first kappa shape index (κ1) is 16.3. The van der Waals surface area contributed by atoms with Crippen LogP contribution >= 0.6 is 0 Å². The highest BCUT2D eigenvalue weighted by Gasteiger charge is 2.38. The largest absolute Gasteiger partial charge is 0.495 e. The van der Waals surface area contributed by atoms with Gasteiger partial charge in [0.05, 0.1) is 7.11 Å².